The van der Waals surface area contributed by atoms with Crippen molar-refractivity contribution in [2.75, 3.05) is 0 Å². The van der Waals surface area contributed by atoms with Gasteiger partial charge in [-0.15, -0.1) is 12.6 Å². The summed E-state index contributed by atoms with van der Waals surface area (Å²) in [5.74, 6) is 0. The van der Waals surface area contributed by atoms with Crippen molar-refractivity contribution in [2.24, 2.45) is 9.98 Å². The summed E-state index contributed by atoms with van der Waals surface area (Å²) in [7, 11) is -4.44. The van der Waals surface area contributed by atoms with E-state index in [1.54, 1.807) is 30.3 Å². The topological polar surface area (TPSA) is 79.1 Å². The van der Waals surface area contributed by atoms with E-state index in [1.807, 2.05) is 0 Å². The fourth-order valence-corrected chi connectivity index (χ4v) is 2.55. The van der Waals surface area contributed by atoms with Gasteiger partial charge in [0.2, 0.25) is 4.87 Å². The van der Waals surface area contributed by atoms with Gasteiger partial charge in [-0.2, -0.15) is 8.42 Å². The quantitative estimate of drug-likeness (QED) is 0.614. The molecule has 1 aliphatic heterocycles. The lowest BCUT2D eigenvalue weighted by atomic mass is 10.1. The predicted octanol–water partition coefficient (Wildman–Crippen LogP) is 1.10. The van der Waals surface area contributed by atoms with Gasteiger partial charge in [-0.1, -0.05) is 30.3 Å². The van der Waals surface area contributed by atoms with Crippen LogP contribution in [0, 0.1) is 0 Å². The Hall–Kier alpha value is -1.18. The smallest absolute Gasteiger partial charge is 0.283 e. The van der Waals surface area contributed by atoms with Gasteiger partial charge in [0.1, 0.15) is 0 Å². The Morgan fingerprint density at radius 2 is 1.88 bits per heavy atom. The van der Waals surface area contributed by atoms with Gasteiger partial charge in [0, 0.05) is 5.56 Å². The number of aliphatic imine (C=N–C) groups is 2. The van der Waals surface area contributed by atoms with Gasteiger partial charge in [0.25, 0.3) is 0 Å². The lowest BCUT2D eigenvalue weighted by Gasteiger charge is -2.19. The van der Waals surface area contributed by atoms with E-state index in [1.165, 1.54) is 0 Å². The SMILES string of the molecule is O=S(=O)(O)C1(c2ccccc2)C=NC(S)=N1. The number of thiol groups is 1. The fourth-order valence-electron chi connectivity index (χ4n) is 1.44. The molecule has 0 aromatic heterocycles. The lowest BCUT2D eigenvalue weighted by molar-refractivity contribution is 0.460. The molecule has 1 atom stereocenters. The van der Waals surface area contributed by atoms with Crippen LogP contribution in [0.3, 0.4) is 0 Å². The van der Waals surface area contributed by atoms with E-state index in [2.05, 4.69) is 22.6 Å². The van der Waals surface area contributed by atoms with Crippen molar-refractivity contribution in [1.82, 2.24) is 0 Å². The number of hydrogen-bond acceptors (Lipinski definition) is 4. The van der Waals surface area contributed by atoms with Crippen LogP contribution in [-0.2, 0) is 15.0 Å². The molecule has 0 fully saturated rings. The van der Waals surface area contributed by atoms with E-state index in [0.29, 0.717) is 5.56 Å². The van der Waals surface area contributed by atoms with Crippen molar-refractivity contribution in [3.63, 3.8) is 0 Å². The van der Waals surface area contributed by atoms with Crippen molar-refractivity contribution in [3.05, 3.63) is 35.9 Å². The Balaban J connectivity index is 2.69. The maximum absolute atomic E-state index is 11.4. The molecule has 16 heavy (non-hydrogen) atoms. The molecular weight excluding hydrogens is 248 g/mol. The summed E-state index contributed by atoms with van der Waals surface area (Å²) in [6.07, 6.45) is 1.07. The van der Waals surface area contributed by atoms with Gasteiger partial charge in [-0.25, -0.2) is 9.98 Å². The molecule has 0 saturated carbocycles. The highest BCUT2D eigenvalue weighted by molar-refractivity contribution is 7.97. The first-order valence-corrected chi connectivity index (χ1v) is 6.21. The molecule has 1 N–H and O–H groups in total. The van der Waals surface area contributed by atoms with Gasteiger partial charge in [-0.3, -0.25) is 4.55 Å². The first-order chi connectivity index (χ1) is 7.46. The van der Waals surface area contributed by atoms with Crippen LogP contribution < -0.4 is 0 Å². The Bertz CT molecular complexity index is 566. The number of benzene rings is 1. The average molecular weight is 256 g/mol. The molecule has 2 rings (SSSR count). The second-order valence-corrected chi connectivity index (χ2v) is 5.18. The zero-order valence-electron chi connectivity index (χ0n) is 7.98. The van der Waals surface area contributed by atoms with Crippen LogP contribution in [0.5, 0.6) is 0 Å². The number of rotatable bonds is 2. The molecule has 0 aliphatic carbocycles. The highest BCUT2D eigenvalue weighted by atomic mass is 32.2. The Kier molecular flexibility index (Phi) is 2.61. The average Bonchev–Trinajstić information content (AvgIpc) is 2.62. The first kappa shape index (κ1) is 11.3. The molecule has 1 unspecified atom stereocenters. The van der Waals surface area contributed by atoms with Crippen molar-refractivity contribution < 1.29 is 13.0 Å². The molecule has 0 saturated heterocycles. The van der Waals surface area contributed by atoms with Crippen molar-refractivity contribution in [2.45, 2.75) is 4.87 Å². The minimum Gasteiger partial charge on any atom is -0.283 e. The number of amidine groups is 1. The third-order valence-corrected chi connectivity index (χ3v) is 3.64. The summed E-state index contributed by atoms with van der Waals surface area (Å²) < 4.78 is 32.1. The van der Waals surface area contributed by atoms with Crippen LogP contribution in [0.25, 0.3) is 0 Å². The van der Waals surface area contributed by atoms with Gasteiger partial charge >= 0.3 is 10.1 Å². The zero-order valence-corrected chi connectivity index (χ0v) is 9.69. The maximum atomic E-state index is 11.4. The Labute approximate surface area is 98.1 Å². The van der Waals surface area contributed by atoms with Gasteiger partial charge in [0.15, 0.2) is 5.17 Å². The van der Waals surface area contributed by atoms with E-state index in [9.17, 15) is 13.0 Å². The molecule has 0 radical (unpaired) electrons. The van der Waals surface area contributed by atoms with Crippen LogP contribution >= 0.6 is 12.6 Å². The molecule has 84 valence electrons. The summed E-state index contributed by atoms with van der Waals surface area (Å²) >= 11 is 3.86. The molecule has 7 heteroatoms. The van der Waals surface area contributed by atoms with Crippen LogP contribution in [0.2, 0.25) is 0 Å². The summed E-state index contributed by atoms with van der Waals surface area (Å²) in [5.41, 5.74) is 0.324. The number of nitrogens with zero attached hydrogens (tertiary/aromatic N) is 2. The second kappa shape index (κ2) is 3.69. The molecule has 1 heterocycles. The molecule has 1 aliphatic rings. The highest BCUT2D eigenvalue weighted by Gasteiger charge is 2.46. The van der Waals surface area contributed by atoms with Crippen LogP contribution in [0.1, 0.15) is 5.56 Å². The summed E-state index contributed by atoms with van der Waals surface area (Å²) in [4.78, 5) is 5.61. The monoisotopic (exact) mass is 256 g/mol. The zero-order chi connectivity index (χ0) is 11.8. The Morgan fingerprint density at radius 1 is 1.25 bits per heavy atom. The second-order valence-electron chi connectivity index (χ2n) is 3.21. The number of hydrogen-bond donors (Lipinski definition) is 2. The third kappa shape index (κ3) is 1.66. The standard InChI is InChI=1S/C9H8N2O3S2/c12-16(13,14)9(6-10-8(15)11-9)7-4-2-1-3-5-7/h1-6H,(H,11,15)(H,12,13,14). The summed E-state index contributed by atoms with van der Waals surface area (Å²) in [6, 6.07) is 8.15. The minimum absolute atomic E-state index is 0.0153. The van der Waals surface area contributed by atoms with Crippen LogP contribution in [0.4, 0.5) is 0 Å². The van der Waals surface area contributed by atoms with Crippen molar-refractivity contribution >= 4 is 34.1 Å². The van der Waals surface area contributed by atoms with Gasteiger partial charge in [0.05, 0.1) is 6.21 Å². The van der Waals surface area contributed by atoms with E-state index >= 15 is 0 Å². The normalized spacial score (nSPS) is 24.5. The van der Waals surface area contributed by atoms with Crippen molar-refractivity contribution in [3.8, 4) is 0 Å². The van der Waals surface area contributed by atoms with E-state index in [-0.39, 0.29) is 5.17 Å². The first-order valence-electron chi connectivity index (χ1n) is 4.32. The predicted molar refractivity (Wildman–Crippen MR) is 64.6 cm³/mol. The lowest BCUT2D eigenvalue weighted by Crippen LogP contribution is -2.33. The summed E-state index contributed by atoms with van der Waals surface area (Å²) in [6.45, 7) is 0. The third-order valence-electron chi connectivity index (χ3n) is 2.20. The molecule has 1 aromatic carbocycles. The Morgan fingerprint density at radius 3 is 2.31 bits per heavy atom. The van der Waals surface area contributed by atoms with E-state index in [0.717, 1.165) is 6.21 Å². The molecule has 0 amide bonds. The van der Waals surface area contributed by atoms with Gasteiger partial charge < -0.3 is 0 Å². The molecule has 0 spiro atoms. The summed E-state index contributed by atoms with van der Waals surface area (Å²) in [5, 5.41) is 0.0153. The van der Waals surface area contributed by atoms with Gasteiger partial charge in [-0.05, 0) is 0 Å². The fraction of sp³-hybridized carbons (Fsp3) is 0.111. The van der Waals surface area contributed by atoms with Crippen LogP contribution in [0.15, 0.2) is 40.3 Å². The highest BCUT2D eigenvalue weighted by Crippen LogP contribution is 2.33. The van der Waals surface area contributed by atoms with E-state index < -0.39 is 15.0 Å². The molecule has 1 aromatic rings. The maximum Gasteiger partial charge on any atom is 0.301 e. The van der Waals surface area contributed by atoms with E-state index in [4.69, 9.17) is 0 Å². The largest absolute Gasteiger partial charge is 0.301 e. The minimum atomic E-state index is -4.44. The van der Waals surface area contributed by atoms with Crippen molar-refractivity contribution in [1.29, 1.82) is 0 Å². The molecular formula is C9H8N2O3S2. The molecule has 0 bridgehead atoms. The van der Waals surface area contributed by atoms with Crippen LogP contribution in [-0.4, -0.2) is 24.4 Å². The molecule has 5 nitrogen and oxygen atoms in total.